The van der Waals surface area contributed by atoms with Crippen LogP contribution in [-0.2, 0) is 14.3 Å². The zero-order valence-electron chi connectivity index (χ0n) is 10.0. The standard InChI is InChI=1S/C12H22O3/c1-10(11(2)13)8-6-4-5-7-9-12(14)15-3/h10H,4-9H2,1-3H3. The summed E-state index contributed by atoms with van der Waals surface area (Å²) in [5.41, 5.74) is 0. The molecule has 88 valence electrons. The Balaban J connectivity index is 3.25. The molecule has 15 heavy (non-hydrogen) atoms. The highest BCUT2D eigenvalue weighted by Crippen LogP contribution is 2.12. The van der Waals surface area contributed by atoms with E-state index in [0.29, 0.717) is 6.42 Å². The zero-order chi connectivity index (χ0) is 11.7. The number of ether oxygens (including phenoxy) is 1. The Labute approximate surface area is 92.2 Å². The Morgan fingerprint density at radius 2 is 1.73 bits per heavy atom. The smallest absolute Gasteiger partial charge is 0.305 e. The number of carbonyl (C=O) groups excluding carboxylic acids is 2. The fraction of sp³-hybridized carbons (Fsp3) is 0.833. The summed E-state index contributed by atoms with van der Waals surface area (Å²) in [6.45, 7) is 3.61. The third-order valence-corrected chi connectivity index (χ3v) is 2.69. The lowest BCUT2D eigenvalue weighted by Crippen LogP contribution is -2.05. The summed E-state index contributed by atoms with van der Waals surface area (Å²) in [7, 11) is 1.41. The van der Waals surface area contributed by atoms with E-state index in [0.717, 1.165) is 32.1 Å². The quantitative estimate of drug-likeness (QED) is 0.461. The topological polar surface area (TPSA) is 43.4 Å². The van der Waals surface area contributed by atoms with Gasteiger partial charge in [0.05, 0.1) is 7.11 Å². The Morgan fingerprint density at radius 3 is 2.27 bits per heavy atom. The van der Waals surface area contributed by atoms with Gasteiger partial charge in [0, 0.05) is 12.3 Å². The number of carbonyl (C=O) groups is 2. The summed E-state index contributed by atoms with van der Waals surface area (Å²) in [4.78, 5) is 21.7. The predicted molar refractivity (Wildman–Crippen MR) is 59.6 cm³/mol. The number of esters is 1. The maximum absolute atomic E-state index is 10.9. The van der Waals surface area contributed by atoms with Crippen LogP contribution in [0.2, 0.25) is 0 Å². The van der Waals surface area contributed by atoms with Crippen molar-refractivity contribution in [2.45, 2.75) is 52.4 Å². The molecule has 0 aliphatic carbocycles. The lowest BCUT2D eigenvalue weighted by atomic mass is 9.99. The van der Waals surface area contributed by atoms with Gasteiger partial charge in [-0.05, 0) is 19.8 Å². The first-order chi connectivity index (χ1) is 7.07. The normalized spacial score (nSPS) is 12.2. The number of hydrogen-bond donors (Lipinski definition) is 0. The van der Waals surface area contributed by atoms with Gasteiger partial charge in [0.2, 0.25) is 0 Å². The molecule has 3 heteroatoms. The number of unbranched alkanes of at least 4 members (excludes halogenated alkanes) is 3. The minimum atomic E-state index is -0.132. The zero-order valence-corrected chi connectivity index (χ0v) is 10.0. The third kappa shape index (κ3) is 8.16. The molecule has 0 aromatic carbocycles. The molecule has 0 fully saturated rings. The van der Waals surface area contributed by atoms with Gasteiger partial charge in [-0.25, -0.2) is 0 Å². The molecule has 0 rings (SSSR count). The van der Waals surface area contributed by atoms with Gasteiger partial charge in [-0.15, -0.1) is 0 Å². The van der Waals surface area contributed by atoms with Crippen molar-refractivity contribution in [3.05, 3.63) is 0 Å². The molecular weight excluding hydrogens is 192 g/mol. The maximum Gasteiger partial charge on any atom is 0.305 e. The molecule has 0 aromatic rings. The highest BCUT2D eigenvalue weighted by molar-refractivity contribution is 5.77. The summed E-state index contributed by atoms with van der Waals surface area (Å²) >= 11 is 0. The molecule has 1 unspecified atom stereocenters. The molecule has 0 radical (unpaired) electrons. The van der Waals surface area contributed by atoms with Crippen LogP contribution in [-0.4, -0.2) is 18.9 Å². The summed E-state index contributed by atoms with van der Waals surface area (Å²) in [6, 6.07) is 0. The maximum atomic E-state index is 10.9. The van der Waals surface area contributed by atoms with E-state index in [2.05, 4.69) is 4.74 Å². The van der Waals surface area contributed by atoms with Crippen molar-refractivity contribution >= 4 is 11.8 Å². The highest BCUT2D eigenvalue weighted by Gasteiger charge is 2.06. The minimum Gasteiger partial charge on any atom is -0.469 e. The average Bonchev–Trinajstić information content (AvgIpc) is 2.22. The molecular formula is C12H22O3. The van der Waals surface area contributed by atoms with Crippen molar-refractivity contribution in [3.8, 4) is 0 Å². The van der Waals surface area contributed by atoms with Gasteiger partial charge in [0.15, 0.2) is 0 Å². The molecule has 1 atom stereocenters. The molecule has 0 bridgehead atoms. The second-order valence-electron chi connectivity index (χ2n) is 4.04. The molecule has 3 nitrogen and oxygen atoms in total. The van der Waals surface area contributed by atoms with E-state index in [4.69, 9.17) is 0 Å². The van der Waals surface area contributed by atoms with E-state index < -0.39 is 0 Å². The van der Waals surface area contributed by atoms with E-state index in [1.165, 1.54) is 7.11 Å². The van der Waals surface area contributed by atoms with Crippen LogP contribution in [0.1, 0.15) is 52.4 Å². The summed E-state index contributed by atoms with van der Waals surface area (Å²) in [5, 5.41) is 0. The van der Waals surface area contributed by atoms with Crippen molar-refractivity contribution in [1.29, 1.82) is 0 Å². The first-order valence-electron chi connectivity index (χ1n) is 5.65. The number of rotatable bonds is 8. The fourth-order valence-corrected chi connectivity index (χ4v) is 1.38. The third-order valence-electron chi connectivity index (χ3n) is 2.69. The average molecular weight is 214 g/mol. The van der Waals surface area contributed by atoms with Gasteiger partial charge in [-0.1, -0.05) is 26.2 Å². The van der Waals surface area contributed by atoms with Crippen molar-refractivity contribution in [2.75, 3.05) is 7.11 Å². The van der Waals surface area contributed by atoms with Crippen LogP contribution in [0, 0.1) is 5.92 Å². The van der Waals surface area contributed by atoms with Crippen LogP contribution in [0.25, 0.3) is 0 Å². The van der Waals surface area contributed by atoms with Gasteiger partial charge in [0.25, 0.3) is 0 Å². The molecule has 0 N–H and O–H groups in total. The first-order valence-corrected chi connectivity index (χ1v) is 5.65. The molecule has 0 saturated carbocycles. The molecule has 0 amide bonds. The molecule has 0 aromatic heterocycles. The number of ketones is 1. The molecule has 0 aliphatic heterocycles. The lowest BCUT2D eigenvalue weighted by Gasteiger charge is -2.06. The van der Waals surface area contributed by atoms with Gasteiger partial charge < -0.3 is 4.74 Å². The van der Waals surface area contributed by atoms with Crippen LogP contribution in [0.3, 0.4) is 0 Å². The Kier molecular flexibility index (Phi) is 7.96. The van der Waals surface area contributed by atoms with Gasteiger partial charge >= 0.3 is 5.97 Å². The minimum absolute atomic E-state index is 0.132. The first kappa shape index (κ1) is 14.1. The van der Waals surface area contributed by atoms with E-state index in [9.17, 15) is 9.59 Å². The van der Waals surface area contributed by atoms with Crippen molar-refractivity contribution in [3.63, 3.8) is 0 Å². The Hall–Kier alpha value is -0.860. The van der Waals surface area contributed by atoms with E-state index in [1.54, 1.807) is 6.92 Å². The van der Waals surface area contributed by atoms with Crippen LogP contribution in [0.4, 0.5) is 0 Å². The fourth-order valence-electron chi connectivity index (χ4n) is 1.38. The Bertz CT molecular complexity index is 199. The molecule has 0 heterocycles. The van der Waals surface area contributed by atoms with Gasteiger partial charge in [-0.3, -0.25) is 9.59 Å². The van der Waals surface area contributed by atoms with E-state index in [-0.39, 0.29) is 17.7 Å². The summed E-state index contributed by atoms with van der Waals surface area (Å²) in [6.07, 6.45) is 5.57. The number of Topliss-reactive ketones (excluding diaryl/α,β-unsaturated/α-hetero) is 1. The SMILES string of the molecule is COC(=O)CCCCCCC(C)C(C)=O. The predicted octanol–water partition coefficient (Wildman–Crippen LogP) is 2.73. The van der Waals surface area contributed by atoms with Gasteiger partial charge in [-0.2, -0.15) is 0 Å². The molecule has 0 saturated heterocycles. The van der Waals surface area contributed by atoms with E-state index in [1.807, 2.05) is 6.92 Å². The van der Waals surface area contributed by atoms with Crippen molar-refractivity contribution in [2.24, 2.45) is 5.92 Å². The van der Waals surface area contributed by atoms with Crippen molar-refractivity contribution < 1.29 is 14.3 Å². The highest BCUT2D eigenvalue weighted by atomic mass is 16.5. The second-order valence-corrected chi connectivity index (χ2v) is 4.04. The Morgan fingerprint density at radius 1 is 1.13 bits per heavy atom. The van der Waals surface area contributed by atoms with Crippen molar-refractivity contribution in [1.82, 2.24) is 0 Å². The number of methoxy groups -OCH3 is 1. The largest absolute Gasteiger partial charge is 0.469 e. The summed E-state index contributed by atoms with van der Waals surface area (Å²) in [5.74, 6) is 0.322. The molecule has 0 spiro atoms. The summed E-state index contributed by atoms with van der Waals surface area (Å²) < 4.78 is 4.54. The lowest BCUT2D eigenvalue weighted by molar-refractivity contribution is -0.140. The molecule has 0 aliphatic rings. The van der Waals surface area contributed by atoms with E-state index >= 15 is 0 Å². The van der Waals surface area contributed by atoms with Crippen LogP contribution in [0.15, 0.2) is 0 Å². The second kappa shape index (κ2) is 8.45. The monoisotopic (exact) mass is 214 g/mol. The van der Waals surface area contributed by atoms with Crippen LogP contribution < -0.4 is 0 Å². The van der Waals surface area contributed by atoms with Crippen LogP contribution in [0.5, 0.6) is 0 Å². The number of hydrogen-bond acceptors (Lipinski definition) is 3. The van der Waals surface area contributed by atoms with Gasteiger partial charge in [0.1, 0.15) is 5.78 Å². The van der Waals surface area contributed by atoms with Crippen LogP contribution >= 0.6 is 0 Å².